The molecule has 2 rings (SSSR count). The first-order valence-corrected chi connectivity index (χ1v) is 7.74. The number of hydrogen-bond acceptors (Lipinski definition) is 4. The van der Waals surface area contributed by atoms with Gasteiger partial charge in [-0.15, -0.1) is 0 Å². The Balaban J connectivity index is 1.85. The van der Waals surface area contributed by atoms with Gasteiger partial charge in [0.2, 0.25) is 0 Å². The molecule has 0 aliphatic heterocycles. The van der Waals surface area contributed by atoms with Crippen molar-refractivity contribution in [1.29, 1.82) is 0 Å². The second-order valence-corrected chi connectivity index (χ2v) is 5.98. The summed E-state index contributed by atoms with van der Waals surface area (Å²) in [4.78, 5) is 23.8. The van der Waals surface area contributed by atoms with E-state index < -0.39 is 5.97 Å². The van der Waals surface area contributed by atoms with Crippen molar-refractivity contribution in [2.45, 2.75) is 45.6 Å². The van der Waals surface area contributed by atoms with E-state index in [2.05, 4.69) is 12.2 Å². The molecule has 22 heavy (non-hydrogen) atoms. The van der Waals surface area contributed by atoms with Crippen LogP contribution in [0.5, 0.6) is 5.75 Å². The predicted molar refractivity (Wildman–Crippen MR) is 82.7 cm³/mol. The first kappa shape index (κ1) is 16.3. The summed E-state index contributed by atoms with van der Waals surface area (Å²) in [5, 5.41) is 12.8. The number of rotatable bonds is 4. The van der Waals surface area contributed by atoms with Crippen LogP contribution in [0.1, 0.15) is 48.5 Å². The largest absolute Gasteiger partial charge is 0.507 e. The van der Waals surface area contributed by atoms with Crippen molar-refractivity contribution in [1.82, 2.24) is 5.32 Å². The molecule has 2 N–H and O–H groups in total. The maximum atomic E-state index is 11.9. The molecular formula is C17H23NO4. The zero-order valence-electron chi connectivity index (χ0n) is 13.1. The molecule has 120 valence electrons. The van der Waals surface area contributed by atoms with Crippen LogP contribution in [0, 0.1) is 12.8 Å². The molecule has 1 saturated carbocycles. The monoisotopic (exact) mass is 305 g/mol. The summed E-state index contributed by atoms with van der Waals surface area (Å²) in [5.74, 6) is -0.629. The molecule has 0 bridgehead atoms. The Morgan fingerprint density at radius 1 is 1.32 bits per heavy atom. The third-order valence-electron chi connectivity index (χ3n) is 4.25. The molecule has 5 heteroatoms. The number of aromatic hydroxyl groups is 1. The molecule has 2 unspecified atom stereocenters. The van der Waals surface area contributed by atoms with Gasteiger partial charge in [-0.25, -0.2) is 4.79 Å². The van der Waals surface area contributed by atoms with Crippen LogP contribution in [0.15, 0.2) is 18.2 Å². The number of phenols is 1. The lowest BCUT2D eigenvalue weighted by Crippen LogP contribution is -2.42. The zero-order valence-corrected chi connectivity index (χ0v) is 13.1. The number of amides is 1. The first-order valence-electron chi connectivity index (χ1n) is 7.74. The average Bonchev–Trinajstić information content (AvgIpc) is 2.50. The van der Waals surface area contributed by atoms with Crippen LogP contribution >= 0.6 is 0 Å². The second-order valence-electron chi connectivity index (χ2n) is 5.98. The highest BCUT2D eigenvalue weighted by Crippen LogP contribution is 2.24. The number of aryl methyl sites for hydroxylation is 1. The van der Waals surface area contributed by atoms with Crippen molar-refractivity contribution < 1.29 is 19.4 Å². The number of nitrogens with one attached hydrogen (secondary N) is 1. The molecule has 1 aliphatic rings. The highest BCUT2D eigenvalue weighted by Gasteiger charge is 2.23. The molecule has 0 spiro atoms. The molecule has 1 amide bonds. The molecule has 0 radical (unpaired) electrons. The van der Waals surface area contributed by atoms with Gasteiger partial charge in [-0.3, -0.25) is 4.79 Å². The molecule has 0 saturated heterocycles. The quantitative estimate of drug-likeness (QED) is 0.838. The van der Waals surface area contributed by atoms with Gasteiger partial charge in [0, 0.05) is 6.04 Å². The van der Waals surface area contributed by atoms with E-state index in [1.807, 2.05) is 0 Å². The summed E-state index contributed by atoms with van der Waals surface area (Å²) in [6.45, 7) is 3.50. The number of esters is 1. The Labute approximate surface area is 130 Å². The van der Waals surface area contributed by atoms with Crippen LogP contribution in [0.4, 0.5) is 0 Å². The molecule has 5 nitrogen and oxygen atoms in total. The van der Waals surface area contributed by atoms with Crippen molar-refractivity contribution in [2.75, 3.05) is 6.61 Å². The minimum absolute atomic E-state index is 0.0823. The van der Waals surface area contributed by atoms with Crippen LogP contribution in [0.2, 0.25) is 0 Å². The predicted octanol–water partition coefficient (Wildman–Crippen LogP) is 2.55. The number of para-hydroxylation sites is 1. The van der Waals surface area contributed by atoms with Gasteiger partial charge in [0.25, 0.3) is 5.91 Å². The van der Waals surface area contributed by atoms with Gasteiger partial charge in [0.15, 0.2) is 6.61 Å². The average molecular weight is 305 g/mol. The number of carbonyl (C=O) groups is 2. The third-order valence-corrected chi connectivity index (χ3v) is 4.25. The molecule has 0 heterocycles. The summed E-state index contributed by atoms with van der Waals surface area (Å²) in [7, 11) is 0. The lowest BCUT2D eigenvalue weighted by Gasteiger charge is -2.29. The summed E-state index contributed by atoms with van der Waals surface area (Å²) in [5.41, 5.74) is 0.675. The van der Waals surface area contributed by atoms with E-state index >= 15 is 0 Å². The Morgan fingerprint density at radius 3 is 2.77 bits per heavy atom. The Kier molecular flexibility index (Phi) is 5.41. The third kappa shape index (κ3) is 4.00. The van der Waals surface area contributed by atoms with Gasteiger partial charge in [0.1, 0.15) is 11.3 Å². The van der Waals surface area contributed by atoms with Crippen LogP contribution < -0.4 is 5.32 Å². The number of carbonyl (C=O) groups excluding carboxylic acids is 2. The molecule has 0 aromatic heterocycles. The lowest BCUT2D eigenvalue weighted by molar-refractivity contribution is -0.125. The number of phenolic OH excluding ortho intramolecular Hbond substituents is 1. The maximum absolute atomic E-state index is 11.9. The lowest BCUT2D eigenvalue weighted by atomic mass is 9.86. The highest BCUT2D eigenvalue weighted by atomic mass is 16.5. The van der Waals surface area contributed by atoms with Crippen LogP contribution in [0.25, 0.3) is 0 Å². The van der Waals surface area contributed by atoms with E-state index in [9.17, 15) is 14.7 Å². The number of ether oxygens (including phenoxy) is 1. The first-order chi connectivity index (χ1) is 10.5. The van der Waals surface area contributed by atoms with Crippen molar-refractivity contribution in [3.63, 3.8) is 0 Å². The smallest absolute Gasteiger partial charge is 0.342 e. The maximum Gasteiger partial charge on any atom is 0.342 e. The highest BCUT2D eigenvalue weighted by molar-refractivity contribution is 5.94. The SMILES string of the molecule is Cc1cccc(C(=O)OCC(=O)NC2CCCCC2C)c1O. The molecule has 1 aliphatic carbocycles. The van der Waals surface area contributed by atoms with Gasteiger partial charge in [-0.1, -0.05) is 31.9 Å². The van der Waals surface area contributed by atoms with Gasteiger partial charge >= 0.3 is 5.97 Å². The van der Waals surface area contributed by atoms with Crippen LogP contribution in [0.3, 0.4) is 0 Å². The van der Waals surface area contributed by atoms with Crippen LogP contribution in [-0.2, 0) is 9.53 Å². The van der Waals surface area contributed by atoms with Gasteiger partial charge in [-0.05, 0) is 37.3 Å². The summed E-state index contributed by atoms with van der Waals surface area (Å²) in [6.07, 6.45) is 4.41. The summed E-state index contributed by atoms with van der Waals surface area (Å²) >= 11 is 0. The second kappa shape index (κ2) is 7.29. The van der Waals surface area contributed by atoms with E-state index in [4.69, 9.17) is 4.74 Å². The molecular weight excluding hydrogens is 282 g/mol. The Hall–Kier alpha value is -2.04. The Bertz CT molecular complexity index is 556. The molecule has 1 aromatic carbocycles. The Morgan fingerprint density at radius 2 is 2.05 bits per heavy atom. The van der Waals surface area contributed by atoms with Crippen molar-refractivity contribution >= 4 is 11.9 Å². The fourth-order valence-electron chi connectivity index (χ4n) is 2.81. The van der Waals surface area contributed by atoms with Crippen molar-refractivity contribution in [3.8, 4) is 5.75 Å². The summed E-state index contributed by atoms with van der Waals surface area (Å²) in [6, 6.07) is 5.00. The molecule has 1 fully saturated rings. The fraction of sp³-hybridized carbons (Fsp3) is 0.529. The van der Waals surface area contributed by atoms with Crippen molar-refractivity contribution in [3.05, 3.63) is 29.3 Å². The fourth-order valence-corrected chi connectivity index (χ4v) is 2.81. The molecule has 1 aromatic rings. The van der Waals surface area contributed by atoms with E-state index in [0.717, 1.165) is 19.3 Å². The van der Waals surface area contributed by atoms with Crippen molar-refractivity contribution in [2.24, 2.45) is 5.92 Å². The van der Waals surface area contributed by atoms with Gasteiger partial charge in [-0.2, -0.15) is 0 Å². The number of benzene rings is 1. The summed E-state index contributed by atoms with van der Waals surface area (Å²) < 4.78 is 4.99. The van der Waals surface area contributed by atoms with Crippen LogP contribution in [-0.4, -0.2) is 29.6 Å². The topological polar surface area (TPSA) is 75.6 Å². The normalized spacial score (nSPS) is 21.2. The minimum atomic E-state index is -0.687. The van der Waals surface area contributed by atoms with E-state index in [0.29, 0.717) is 11.5 Å². The van der Waals surface area contributed by atoms with Gasteiger partial charge in [0.05, 0.1) is 0 Å². The van der Waals surface area contributed by atoms with E-state index in [1.54, 1.807) is 19.1 Å². The standard InChI is InChI=1S/C17H23NO4/c1-11-6-3-4-9-14(11)18-15(19)10-22-17(21)13-8-5-7-12(2)16(13)20/h5,7-8,11,14,20H,3-4,6,9-10H2,1-2H3,(H,18,19). The molecule has 2 atom stereocenters. The zero-order chi connectivity index (χ0) is 16.1. The van der Waals surface area contributed by atoms with Gasteiger partial charge < -0.3 is 15.2 Å². The van der Waals surface area contributed by atoms with E-state index in [-0.39, 0.29) is 29.9 Å². The minimum Gasteiger partial charge on any atom is -0.507 e. The number of hydrogen-bond donors (Lipinski definition) is 2. The van der Waals surface area contributed by atoms with E-state index in [1.165, 1.54) is 12.5 Å².